The Morgan fingerprint density at radius 3 is 0.457 bits per heavy atom. The Hall–Kier alpha value is -16.4. The Kier molecular flexibility index (Phi) is 36.7. The summed E-state index contributed by atoms with van der Waals surface area (Å²) >= 11 is 0. The van der Waals surface area contributed by atoms with Crippen LogP contribution in [0.4, 0.5) is 0 Å². The van der Waals surface area contributed by atoms with E-state index in [0.717, 1.165) is 92.6 Å². The fraction of sp³-hybridized carbons (Fsp3) is 0. The van der Waals surface area contributed by atoms with Crippen LogP contribution >= 0.6 is 0 Å². The molecule has 12 aromatic heterocycles. The van der Waals surface area contributed by atoms with Crippen LogP contribution in [0.15, 0.2) is 487 Å². The molecule has 0 aliphatic heterocycles. The number of hydrogen-bond donors (Lipinski definition) is 0. The van der Waals surface area contributed by atoms with Gasteiger partial charge in [-0.25, -0.2) is 30.6 Å². The predicted molar refractivity (Wildman–Crippen MR) is 520 cm³/mol. The van der Waals surface area contributed by atoms with Crippen molar-refractivity contribution >= 4 is 60.4 Å². The fourth-order valence-electron chi connectivity index (χ4n) is 13.9. The van der Waals surface area contributed by atoms with Gasteiger partial charge < -0.3 is 48.0 Å². The van der Waals surface area contributed by atoms with Crippen molar-refractivity contribution in [3.05, 3.63) is 531 Å². The minimum Gasteiger partial charge on any atom is -0.872 e. The van der Waals surface area contributed by atoms with Crippen molar-refractivity contribution in [3.8, 4) is 68.3 Å². The zero-order valence-corrected chi connectivity index (χ0v) is 80.3. The number of benzene rings is 8. The molecule has 8 aromatic carbocycles. The number of carbonyl (C=O) groups is 4. The molecular weight excluding hydrogens is 1990 g/mol. The second-order valence-electron chi connectivity index (χ2n) is 30.0. The first-order valence-electron chi connectivity index (χ1n) is 43.1. The molecule has 0 aliphatic rings. The van der Waals surface area contributed by atoms with Crippen molar-refractivity contribution in [3.63, 3.8) is 0 Å². The van der Waals surface area contributed by atoms with E-state index in [1.165, 1.54) is 0 Å². The predicted octanol–water partition coefficient (Wildman–Crippen LogP) is 15.3. The van der Waals surface area contributed by atoms with Gasteiger partial charge in [-0.05, 0) is 193 Å². The van der Waals surface area contributed by atoms with Gasteiger partial charge in [-0.3, -0.25) is 49.1 Å². The number of ketones is 4. The van der Waals surface area contributed by atoms with Crippen molar-refractivity contribution in [1.82, 2.24) is 88.1 Å². The molecular formula is C108H82B2N18Nd2O8. The first-order chi connectivity index (χ1) is 66.8. The van der Waals surface area contributed by atoms with Gasteiger partial charge in [0.2, 0.25) is 0 Å². The zero-order chi connectivity index (χ0) is 93.8. The van der Waals surface area contributed by atoms with E-state index in [0.29, 0.717) is 44.5 Å². The normalized spacial score (nSPS) is 11.0. The first kappa shape index (κ1) is 99.1. The van der Waals surface area contributed by atoms with Gasteiger partial charge in [0.05, 0.1) is 34.2 Å². The van der Waals surface area contributed by atoms with Crippen molar-refractivity contribution in [2.75, 3.05) is 0 Å². The second-order valence-corrected chi connectivity index (χ2v) is 30.0. The smallest absolute Gasteiger partial charge is 0.872 e. The number of rotatable bonds is 24. The van der Waals surface area contributed by atoms with Crippen molar-refractivity contribution < 1.29 is 121 Å². The molecule has 0 saturated carbocycles. The summed E-state index contributed by atoms with van der Waals surface area (Å²) in [6.45, 7) is 0. The molecule has 20 rings (SSSR count). The average molecular weight is 2070 g/mol. The summed E-state index contributed by atoms with van der Waals surface area (Å²) in [6, 6.07) is 116. The van der Waals surface area contributed by atoms with E-state index in [1.54, 1.807) is 231 Å². The van der Waals surface area contributed by atoms with E-state index in [1.807, 2.05) is 259 Å². The van der Waals surface area contributed by atoms with E-state index in [4.69, 9.17) is 30.6 Å². The summed E-state index contributed by atoms with van der Waals surface area (Å²) in [4.78, 5) is 73.6. The monoisotopic (exact) mass is 2060 g/mol. The second kappa shape index (κ2) is 51.2. The summed E-state index contributed by atoms with van der Waals surface area (Å²) < 4.78 is 11.4. The van der Waals surface area contributed by atoms with Crippen LogP contribution in [0.2, 0.25) is 0 Å². The molecule has 20 aromatic rings. The number of pyridine rings is 6. The molecule has 12 heterocycles. The number of allylic oxidation sites excluding steroid dienone is 4. The summed E-state index contributed by atoms with van der Waals surface area (Å²) in [6.07, 6.45) is 26.7. The quantitative estimate of drug-likeness (QED) is 0.0235. The summed E-state index contributed by atoms with van der Waals surface area (Å²) in [5, 5.41) is 76.0. The molecule has 30 heteroatoms. The van der Waals surface area contributed by atoms with Crippen LogP contribution in [0.3, 0.4) is 0 Å². The maximum absolute atomic E-state index is 11.8. The minimum absolute atomic E-state index is 0. The van der Waals surface area contributed by atoms with Crippen LogP contribution in [-0.2, 0) is 0 Å². The number of hydrogen-bond acceptors (Lipinski definition) is 20. The van der Waals surface area contributed by atoms with Gasteiger partial charge >= 0.3 is 95.9 Å². The van der Waals surface area contributed by atoms with Gasteiger partial charge in [-0.15, -0.1) is 0 Å². The van der Waals surface area contributed by atoms with Gasteiger partial charge in [0.25, 0.3) is 0 Å². The van der Waals surface area contributed by atoms with E-state index < -0.39 is 14.2 Å². The van der Waals surface area contributed by atoms with Gasteiger partial charge in [0, 0.05) is 59.4 Å². The Bertz CT molecular complexity index is 6320. The molecule has 0 saturated heterocycles. The van der Waals surface area contributed by atoms with E-state index >= 15 is 0 Å². The maximum atomic E-state index is 11.8. The van der Waals surface area contributed by atoms with Gasteiger partial charge in [0.15, 0.2) is 23.1 Å². The van der Waals surface area contributed by atoms with Gasteiger partial charge in [0.1, 0.15) is 34.2 Å². The van der Waals surface area contributed by atoms with Crippen molar-refractivity contribution in [1.29, 1.82) is 0 Å². The molecule has 0 amide bonds. The van der Waals surface area contributed by atoms with E-state index in [2.05, 4.69) is 29.9 Å². The fourth-order valence-corrected chi connectivity index (χ4v) is 13.9. The molecule has 0 bridgehead atoms. The minimum atomic E-state index is -1.56. The zero-order valence-electron chi connectivity index (χ0n) is 73.9. The molecule has 138 heavy (non-hydrogen) atoms. The van der Waals surface area contributed by atoms with Crippen LogP contribution in [0.25, 0.3) is 91.4 Å². The van der Waals surface area contributed by atoms with Crippen LogP contribution in [0.1, 0.15) is 63.7 Å². The standard InChI is InChI=1S/2C24H19BN9.4C15H12O2.2Nd/c2*1-4-13-26-19(7-1)22-10-16-32(29-22)25(33-17-11-23(30-33)20-8-2-5-14-27-20)34-18-12-24(31-34)21-9-3-6-15-28-21;4*16-14(12-7-3-1-4-8-12)11-15(17)13-9-5-2-6-10-13;;/h2*1-18,25H;4*1-11,16H;;/q2*-1;;;;;2*+3/p-4/b;;4*14-11-;;. The topological polar surface area (TPSA) is 345 Å². The van der Waals surface area contributed by atoms with E-state index in [9.17, 15) is 39.6 Å². The average Bonchev–Trinajstić information content (AvgIpc) is 1.64. The molecule has 0 N–H and O–H groups in total. The van der Waals surface area contributed by atoms with Crippen LogP contribution in [0, 0.1) is 81.7 Å². The molecule has 0 atom stereocenters. The summed E-state index contributed by atoms with van der Waals surface area (Å²) in [7, 11) is -3.12. The maximum Gasteiger partial charge on any atom is 3.00 e. The Labute approximate surface area is 861 Å². The third-order valence-corrected chi connectivity index (χ3v) is 20.7. The number of nitrogens with zero attached hydrogens (tertiary/aromatic N) is 18. The Balaban J connectivity index is 0.000000144. The third-order valence-electron chi connectivity index (χ3n) is 20.7. The van der Waals surface area contributed by atoms with E-state index in [-0.39, 0.29) is 128 Å². The molecule has 0 unspecified atom stereocenters. The molecule has 0 fully saturated rings. The number of carbonyl (C=O) groups excluding carboxylic acids is 4. The number of aromatic nitrogens is 18. The van der Waals surface area contributed by atoms with Crippen molar-refractivity contribution in [2.45, 2.75) is 0 Å². The Morgan fingerprint density at radius 1 is 0.181 bits per heavy atom. The van der Waals surface area contributed by atoms with Crippen LogP contribution in [0.5, 0.6) is 0 Å². The summed E-state index contributed by atoms with van der Waals surface area (Å²) in [5.41, 5.74) is 13.8. The molecule has 0 spiro atoms. The summed E-state index contributed by atoms with van der Waals surface area (Å²) in [5.74, 6) is -2.12. The Morgan fingerprint density at radius 2 is 0.319 bits per heavy atom. The first-order valence-corrected chi connectivity index (χ1v) is 43.1. The third kappa shape index (κ3) is 27.9. The molecule has 26 nitrogen and oxygen atoms in total. The largest absolute Gasteiger partial charge is 3.00 e. The van der Waals surface area contributed by atoms with Crippen LogP contribution < -0.4 is 20.4 Å². The molecule has 2 radical (unpaired) electrons. The SMILES string of the molecule is O=C(/C=C(\[O-])c1ccccc1)c1ccccc1.O=C(/C=C(\[O-])c1ccccc1)c1ccccc1.O=C(/C=C(\[O-])c1ccccc1)c1ccccc1.O=C(/C=C(\[O-])c1ccccc1)c1ccccc1.[Nd+3].[Nd+3].c1ccc(-c2ccn([BH-](n3ccc(-c4ccccn4)n3)n3ccc(-c4ccccn4)n3)n2)nc1.c1ccc(-c2ccn([BH-](n3ccc(-c4ccccn4)n3)n3ccc(-c4ccccn4)n3)n2)nc1. The van der Waals surface area contributed by atoms with Gasteiger partial charge in [-0.2, -0.15) is 0 Å². The molecule has 666 valence electrons. The molecule has 0 aliphatic carbocycles. The van der Waals surface area contributed by atoms with Gasteiger partial charge in [-0.1, -0.05) is 302 Å². The van der Waals surface area contributed by atoms with Crippen LogP contribution in [-0.4, -0.2) is 125 Å². The van der Waals surface area contributed by atoms with Crippen molar-refractivity contribution in [2.24, 2.45) is 0 Å².